The van der Waals surface area contributed by atoms with E-state index in [1.165, 1.54) is 38.2 Å². The molecule has 0 N–H and O–H groups in total. The first-order valence-electron chi connectivity index (χ1n) is 4.65. The van der Waals surface area contributed by atoms with Crippen LogP contribution in [0, 0.1) is 5.92 Å². The Morgan fingerprint density at radius 1 is 1.45 bits per heavy atom. The summed E-state index contributed by atoms with van der Waals surface area (Å²) in [6.07, 6.45) is 2.72. The monoisotopic (exact) mass is 152 g/mol. The van der Waals surface area contributed by atoms with Gasteiger partial charge in [0.1, 0.15) is 0 Å². The van der Waals surface area contributed by atoms with Gasteiger partial charge in [0.05, 0.1) is 0 Å². The molecular weight excluding hydrogens is 136 g/mol. The van der Waals surface area contributed by atoms with Gasteiger partial charge in [-0.05, 0) is 32.9 Å². The molecule has 0 radical (unpaired) electrons. The average molecular weight is 152 g/mol. The van der Waals surface area contributed by atoms with Crippen LogP contribution in [0.5, 0.6) is 0 Å². The zero-order valence-corrected chi connectivity index (χ0v) is 7.21. The van der Waals surface area contributed by atoms with Gasteiger partial charge in [-0.1, -0.05) is 0 Å². The van der Waals surface area contributed by atoms with Crippen molar-refractivity contribution in [2.45, 2.75) is 19.8 Å². The highest BCUT2D eigenvalue weighted by Gasteiger charge is 2.30. The minimum Gasteiger partial charge on any atom is -0.298 e. The summed E-state index contributed by atoms with van der Waals surface area (Å²) in [6.45, 7) is 6.89. The zero-order chi connectivity index (χ0) is 7.68. The molecule has 3 fully saturated rings. The quantitative estimate of drug-likeness (QED) is 0.550. The number of rotatable bonds is 1. The summed E-state index contributed by atoms with van der Waals surface area (Å²) in [5.74, 6) is 0.847. The van der Waals surface area contributed by atoms with E-state index in [4.69, 9.17) is 0 Å². The predicted octanol–water partition coefficient (Wildman–Crippen LogP) is 1.17. The van der Waals surface area contributed by atoms with Crippen molar-refractivity contribution in [2.24, 2.45) is 10.9 Å². The van der Waals surface area contributed by atoms with Gasteiger partial charge in [0.25, 0.3) is 0 Å². The second kappa shape index (κ2) is 2.94. The molecule has 3 saturated heterocycles. The molecule has 11 heavy (non-hydrogen) atoms. The molecule has 0 saturated carbocycles. The molecule has 3 rings (SSSR count). The van der Waals surface area contributed by atoms with E-state index in [1.807, 2.05) is 0 Å². The summed E-state index contributed by atoms with van der Waals surface area (Å²) in [5.41, 5.74) is 1.48. The molecule has 0 aromatic rings. The minimum absolute atomic E-state index is 0.847. The molecule has 2 bridgehead atoms. The van der Waals surface area contributed by atoms with Crippen LogP contribution in [0.4, 0.5) is 0 Å². The van der Waals surface area contributed by atoms with Crippen LogP contribution in [0.25, 0.3) is 0 Å². The Bertz CT molecular complexity index is 166. The molecule has 0 aromatic heterocycles. The van der Waals surface area contributed by atoms with Crippen molar-refractivity contribution in [3.8, 4) is 0 Å². The summed E-state index contributed by atoms with van der Waals surface area (Å²) in [7, 11) is 0. The maximum atomic E-state index is 4.54. The summed E-state index contributed by atoms with van der Waals surface area (Å²) in [6, 6.07) is 0. The van der Waals surface area contributed by atoms with Crippen molar-refractivity contribution in [1.82, 2.24) is 4.90 Å². The van der Waals surface area contributed by atoms with E-state index in [1.54, 1.807) is 0 Å². The summed E-state index contributed by atoms with van der Waals surface area (Å²) >= 11 is 0. The van der Waals surface area contributed by atoms with Crippen molar-refractivity contribution in [3.63, 3.8) is 0 Å². The molecule has 3 heterocycles. The fourth-order valence-electron chi connectivity index (χ4n) is 2.16. The van der Waals surface area contributed by atoms with Crippen molar-refractivity contribution < 1.29 is 0 Å². The summed E-state index contributed by atoms with van der Waals surface area (Å²) in [4.78, 5) is 7.06. The summed E-state index contributed by atoms with van der Waals surface area (Å²) < 4.78 is 0. The Labute approximate surface area is 68.3 Å². The van der Waals surface area contributed by atoms with Gasteiger partial charge in [0, 0.05) is 24.7 Å². The molecule has 3 aliphatic rings. The van der Waals surface area contributed by atoms with Gasteiger partial charge < -0.3 is 0 Å². The Balaban J connectivity index is 2.08. The largest absolute Gasteiger partial charge is 0.298 e. The fourth-order valence-corrected chi connectivity index (χ4v) is 2.16. The smallest absolute Gasteiger partial charge is 0.0366 e. The molecular formula is C9H16N2. The highest BCUT2D eigenvalue weighted by Crippen LogP contribution is 2.25. The van der Waals surface area contributed by atoms with Crippen LogP contribution in [-0.2, 0) is 0 Å². The van der Waals surface area contributed by atoms with Crippen LogP contribution in [0.1, 0.15) is 19.8 Å². The van der Waals surface area contributed by atoms with Crippen LogP contribution in [0.2, 0.25) is 0 Å². The van der Waals surface area contributed by atoms with Crippen LogP contribution < -0.4 is 0 Å². The van der Waals surface area contributed by atoms with Gasteiger partial charge in [-0.2, -0.15) is 0 Å². The molecule has 0 aliphatic carbocycles. The normalized spacial score (nSPS) is 39.9. The highest BCUT2D eigenvalue weighted by atomic mass is 15.2. The first kappa shape index (κ1) is 7.29. The average Bonchev–Trinajstić information content (AvgIpc) is 2.07. The lowest BCUT2D eigenvalue weighted by Crippen LogP contribution is -2.47. The van der Waals surface area contributed by atoms with Crippen LogP contribution in [-0.4, -0.2) is 36.8 Å². The van der Waals surface area contributed by atoms with Crippen molar-refractivity contribution in [3.05, 3.63) is 0 Å². The van der Waals surface area contributed by atoms with Gasteiger partial charge in [-0.3, -0.25) is 9.89 Å². The van der Waals surface area contributed by atoms with E-state index in [9.17, 15) is 0 Å². The number of aliphatic imine (C=N–C) groups is 1. The van der Waals surface area contributed by atoms with E-state index in [-0.39, 0.29) is 0 Å². The topological polar surface area (TPSA) is 15.6 Å². The maximum Gasteiger partial charge on any atom is 0.0366 e. The van der Waals surface area contributed by atoms with Crippen LogP contribution in [0.3, 0.4) is 0 Å². The van der Waals surface area contributed by atoms with Crippen molar-refractivity contribution >= 4 is 5.71 Å². The van der Waals surface area contributed by atoms with Gasteiger partial charge in [-0.25, -0.2) is 0 Å². The lowest BCUT2D eigenvalue weighted by Gasteiger charge is -2.39. The number of nitrogens with zero attached hydrogens (tertiary/aromatic N) is 2. The van der Waals surface area contributed by atoms with Crippen LogP contribution in [0.15, 0.2) is 4.99 Å². The van der Waals surface area contributed by atoms with E-state index >= 15 is 0 Å². The highest BCUT2D eigenvalue weighted by molar-refractivity contribution is 5.90. The standard InChI is InChI=1S/C9H16N2/c1-2-10-9-7-11-5-3-8(9)4-6-11/h8H,2-7H2,1H3/b10-9-. The molecule has 0 atom stereocenters. The lowest BCUT2D eigenvalue weighted by atomic mass is 9.86. The molecule has 2 nitrogen and oxygen atoms in total. The SMILES string of the molecule is CC/N=C1/CN2CCC1CC2. The number of piperidine rings is 3. The molecule has 0 unspecified atom stereocenters. The van der Waals surface area contributed by atoms with Crippen molar-refractivity contribution in [2.75, 3.05) is 26.2 Å². The summed E-state index contributed by atoms with van der Waals surface area (Å²) in [5, 5.41) is 0. The second-order valence-corrected chi connectivity index (χ2v) is 3.52. The van der Waals surface area contributed by atoms with Gasteiger partial charge >= 0.3 is 0 Å². The first-order chi connectivity index (χ1) is 5.40. The van der Waals surface area contributed by atoms with E-state index in [0.717, 1.165) is 12.5 Å². The molecule has 62 valence electrons. The molecule has 0 amide bonds. The Hall–Kier alpha value is -0.370. The van der Waals surface area contributed by atoms with Gasteiger partial charge in [0.15, 0.2) is 0 Å². The fraction of sp³-hybridized carbons (Fsp3) is 0.889. The van der Waals surface area contributed by atoms with E-state index < -0.39 is 0 Å². The molecule has 0 aromatic carbocycles. The molecule has 3 aliphatic heterocycles. The van der Waals surface area contributed by atoms with Gasteiger partial charge in [0.2, 0.25) is 0 Å². The molecule has 2 heteroatoms. The first-order valence-corrected chi connectivity index (χ1v) is 4.65. The number of fused-ring (bicyclic) bond motifs is 3. The third-order valence-electron chi connectivity index (χ3n) is 2.81. The number of hydrogen-bond donors (Lipinski definition) is 0. The van der Waals surface area contributed by atoms with Crippen LogP contribution >= 0.6 is 0 Å². The third-order valence-corrected chi connectivity index (χ3v) is 2.81. The minimum atomic E-state index is 0.847. The second-order valence-electron chi connectivity index (χ2n) is 3.52. The van der Waals surface area contributed by atoms with E-state index in [0.29, 0.717) is 0 Å². The molecule has 0 spiro atoms. The Kier molecular flexibility index (Phi) is 1.95. The Morgan fingerprint density at radius 3 is 2.64 bits per heavy atom. The van der Waals surface area contributed by atoms with E-state index in [2.05, 4.69) is 16.8 Å². The zero-order valence-electron chi connectivity index (χ0n) is 7.21. The number of hydrogen-bond acceptors (Lipinski definition) is 2. The third kappa shape index (κ3) is 1.32. The van der Waals surface area contributed by atoms with Gasteiger partial charge in [-0.15, -0.1) is 0 Å². The lowest BCUT2D eigenvalue weighted by molar-refractivity contribution is 0.200. The van der Waals surface area contributed by atoms with Crippen molar-refractivity contribution in [1.29, 1.82) is 0 Å². The maximum absolute atomic E-state index is 4.54. The Morgan fingerprint density at radius 2 is 2.18 bits per heavy atom. The predicted molar refractivity (Wildman–Crippen MR) is 47.1 cm³/mol.